The lowest BCUT2D eigenvalue weighted by atomic mass is 9.72. The fraction of sp³-hybridized carbons (Fsp3) is 0.519. The van der Waals surface area contributed by atoms with Crippen LogP contribution >= 0.6 is 0 Å². The molecule has 0 radical (unpaired) electrons. The molecule has 1 aromatic carbocycles. The predicted octanol–water partition coefficient (Wildman–Crippen LogP) is 2.53. The summed E-state index contributed by atoms with van der Waals surface area (Å²) in [5, 5.41) is 29.8. The fourth-order valence-electron chi connectivity index (χ4n) is 6.49. The summed E-state index contributed by atoms with van der Waals surface area (Å²) in [7, 11) is 1.54. The minimum absolute atomic E-state index is 0.152. The van der Waals surface area contributed by atoms with E-state index >= 15 is 0 Å². The van der Waals surface area contributed by atoms with E-state index in [0.29, 0.717) is 42.4 Å². The summed E-state index contributed by atoms with van der Waals surface area (Å²) in [4.78, 5) is 36.1. The van der Waals surface area contributed by atoms with Gasteiger partial charge in [0.1, 0.15) is 11.2 Å². The van der Waals surface area contributed by atoms with Gasteiger partial charge >= 0.3 is 6.09 Å². The zero-order valence-corrected chi connectivity index (χ0v) is 21.9. The van der Waals surface area contributed by atoms with Crippen LogP contribution in [0.25, 0.3) is 11.2 Å². The average Bonchev–Trinajstić information content (AvgIpc) is 3.48. The van der Waals surface area contributed by atoms with E-state index in [-0.39, 0.29) is 35.9 Å². The quantitative estimate of drug-likeness (QED) is 0.386. The van der Waals surface area contributed by atoms with E-state index in [1.165, 1.54) is 12.6 Å². The van der Waals surface area contributed by atoms with Crippen LogP contribution in [0.5, 0.6) is 0 Å². The van der Waals surface area contributed by atoms with Crippen LogP contribution in [0.3, 0.4) is 0 Å². The maximum absolute atomic E-state index is 12.6. The fourth-order valence-corrected chi connectivity index (χ4v) is 6.49. The Morgan fingerprint density at radius 3 is 2.67 bits per heavy atom. The lowest BCUT2D eigenvalue weighted by Crippen LogP contribution is -2.47. The number of hydrogen-bond donors (Lipinski definition) is 4. The van der Waals surface area contributed by atoms with Crippen molar-refractivity contribution in [3.63, 3.8) is 0 Å². The number of fused-ring (bicyclic) bond motifs is 2. The molecule has 2 aliphatic heterocycles. The number of rotatable bonds is 5. The first-order valence-corrected chi connectivity index (χ1v) is 13.5. The lowest BCUT2D eigenvalue weighted by molar-refractivity contribution is -0.0371. The van der Waals surface area contributed by atoms with Crippen LogP contribution < -0.4 is 15.5 Å². The third-order valence-electron chi connectivity index (χ3n) is 8.45. The van der Waals surface area contributed by atoms with Crippen LogP contribution in [0.4, 0.5) is 10.6 Å². The van der Waals surface area contributed by atoms with Gasteiger partial charge in [0.15, 0.2) is 23.4 Å². The Morgan fingerprint density at radius 2 is 1.97 bits per heavy atom. The smallest absolute Gasteiger partial charge is 0.405 e. The Hall–Kier alpha value is -3.77. The number of carbonyl (C=O) groups is 2. The molecule has 0 bridgehead atoms. The number of ether oxygens (including phenoxy) is 1. The van der Waals surface area contributed by atoms with Crippen molar-refractivity contribution in [2.75, 3.05) is 31.6 Å². The highest BCUT2D eigenvalue weighted by molar-refractivity contribution is 6.02. The molecule has 4 N–H and O–H groups in total. The van der Waals surface area contributed by atoms with Crippen molar-refractivity contribution in [3.05, 3.63) is 46.8 Å². The highest BCUT2D eigenvalue weighted by Gasteiger charge is 2.48. The average molecular weight is 536 g/mol. The monoisotopic (exact) mass is 535 g/mol. The Morgan fingerprint density at radius 1 is 1.18 bits per heavy atom. The maximum atomic E-state index is 12.6. The number of piperidine rings is 1. The van der Waals surface area contributed by atoms with Gasteiger partial charge in [0.2, 0.25) is 0 Å². The lowest BCUT2D eigenvalue weighted by Gasteiger charge is -2.43. The van der Waals surface area contributed by atoms with Gasteiger partial charge in [-0.15, -0.1) is 0 Å². The molecule has 39 heavy (non-hydrogen) atoms. The molecule has 206 valence electrons. The first-order valence-electron chi connectivity index (χ1n) is 13.5. The Balaban J connectivity index is 1.34. The van der Waals surface area contributed by atoms with Crippen LogP contribution in [-0.2, 0) is 17.8 Å². The van der Waals surface area contributed by atoms with E-state index in [2.05, 4.69) is 31.7 Å². The summed E-state index contributed by atoms with van der Waals surface area (Å²) in [6.07, 6.45) is 3.64. The molecule has 2 saturated heterocycles. The predicted molar refractivity (Wildman–Crippen MR) is 141 cm³/mol. The number of aromatic nitrogens is 4. The van der Waals surface area contributed by atoms with Gasteiger partial charge < -0.3 is 30.5 Å². The molecule has 3 aliphatic rings. The first-order chi connectivity index (χ1) is 18.9. The van der Waals surface area contributed by atoms with Gasteiger partial charge in [0, 0.05) is 32.2 Å². The Bertz CT molecular complexity index is 1410. The van der Waals surface area contributed by atoms with E-state index in [1.54, 1.807) is 4.68 Å². The molecule has 2 aromatic heterocycles. The zero-order chi connectivity index (χ0) is 27.1. The molecule has 1 aliphatic carbocycles. The SMILES string of the molecule is CNC(=O)c1nn(C2CCCCO2)c2nc(N3CCC4(CC3)Cc3ccccc3[C@H]4NC(=O)O)c(CO)nc12. The van der Waals surface area contributed by atoms with Gasteiger partial charge in [0.05, 0.1) is 12.6 Å². The molecule has 2 atom stereocenters. The van der Waals surface area contributed by atoms with E-state index < -0.39 is 6.09 Å². The molecular weight excluding hydrogens is 502 g/mol. The van der Waals surface area contributed by atoms with Crippen LogP contribution in [0.15, 0.2) is 24.3 Å². The highest BCUT2D eigenvalue weighted by Crippen LogP contribution is 2.52. The molecule has 2 amide bonds. The highest BCUT2D eigenvalue weighted by atomic mass is 16.5. The topological polar surface area (TPSA) is 155 Å². The van der Waals surface area contributed by atoms with Crippen molar-refractivity contribution in [1.29, 1.82) is 0 Å². The van der Waals surface area contributed by atoms with Gasteiger partial charge in [-0.2, -0.15) is 5.10 Å². The minimum atomic E-state index is -1.03. The van der Waals surface area contributed by atoms with E-state index in [1.807, 2.05) is 18.2 Å². The van der Waals surface area contributed by atoms with Crippen molar-refractivity contribution in [2.45, 2.75) is 57.4 Å². The molecule has 4 heterocycles. The Labute approximate surface area is 225 Å². The maximum Gasteiger partial charge on any atom is 0.405 e. The molecular formula is C27H33N7O5. The number of aliphatic hydroxyl groups is 1. The second-order valence-corrected chi connectivity index (χ2v) is 10.6. The first kappa shape index (κ1) is 25.5. The third kappa shape index (κ3) is 4.37. The van der Waals surface area contributed by atoms with Gasteiger partial charge in [-0.1, -0.05) is 24.3 Å². The van der Waals surface area contributed by atoms with Crippen molar-refractivity contribution in [1.82, 2.24) is 30.4 Å². The largest absolute Gasteiger partial charge is 0.465 e. The molecule has 2 fully saturated rings. The zero-order valence-electron chi connectivity index (χ0n) is 21.9. The number of nitrogens with zero attached hydrogens (tertiary/aromatic N) is 5. The molecule has 6 rings (SSSR count). The van der Waals surface area contributed by atoms with Crippen molar-refractivity contribution < 1.29 is 24.5 Å². The van der Waals surface area contributed by atoms with Crippen LogP contribution in [-0.4, -0.2) is 68.7 Å². The van der Waals surface area contributed by atoms with Gasteiger partial charge in [-0.3, -0.25) is 4.79 Å². The summed E-state index contributed by atoms with van der Waals surface area (Å²) < 4.78 is 7.62. The minimum Gasteiger partial charge on any atom is -0.465 e. The van der Waals surface area contributed by atoms with Crippen molar-refractivity contribution in [2.24, 2.45) is 5.41 Å². The second kappa shape index (κ2) is 10.1. The molecule has 12 heteroatoms. The number of carboxylic acid groups (broad SMARTS) is 1. The van der Waals surface area contributed by atoms with Crippen LogP contribution in [0, 0.1) is 5.41 Å². The second-order valence-electron chi connectivity index (χ2n) is 10.6. The molecule has 1 unspecified atom stereocenters. The standard InChI is InChI=1S/C27H33N7O5/c1-28-25(36)21-20-24(34(32-21)19-8-4-5-13-39-19)31-23(18(15-35)29-20)33-11-9-27(10-12-33)14-16-6-2-3-7-17(16)22(27)30-26(37)38/h2-3,6-7,19,22,30,35H,4-5,8-15H2,1H3,(H,28,36)(H,37,38)/t19?,22-/m1/s1. The number of amides is 2. The van der Waals surface area contributed by atoms with Crippen molar-refractivity contribution >= 4 is 29.0 Å². The number of aliphatic hydroxyl groups excluding tert-OH is 1. The molecule has 3 aromatic rings. The number of benzene rings is 1. The molecule has 0 saturated carbocycles. The molecule has 1 spiro atoms. The number of carbonyl (C=O) groups excluding carboxylic acids is 1. The normalized spacial score (nSPS) is 22.2. The van der Waals surface area contributed by atoms with Crippen LogP contribution in [0.2, 0.25) is 0 Å². The van der Waals surface area contributed by atoms with E-state index in [0.717, 1.165) is 44.1 Å². The molecule has 12 nitrogen and oxygen atoms in total. The summed E-state index contributed by atoms with van der Waals surface area (Å²) in [6, 6.07) is 7.76. The Kier molecular flexibility index (Phi) is 6.59. The number of hydrogen-bond acceptors (Lipinski definition) is 8. The summed E-state index contributed by atoms with van der Waals surface area (Å²) in [6.45, 7) is 1.51. The van der Waals surface area contributed by atoms with Gasteiger partial charge in [-0.25, -0.2) is 19.4 Å². The van der Waals surface area contributed by atoms with Gasteiger partial charge in [0.25, 0.3) is 5.91 Å². The number of nitrogens with one attached hydrogen (secondary N) is 2. The van der Waals surface area contributed by atoms with Gasteiger partial charge in [-0.05, 0) is 49.7 Å². The third-order valence-corrected chi connectivity index (χ3v) is 8.45. The summed E-state index contributed by atoms with van der Waals surface area (Å²) in [5.41, 5.74) is 3.30. The summed E-state index contributed by atoms with van der Waals surface area (Å²) in [5.74, 6) is 0.178. The van der Waals surface area contributed by atoms with E-state index in [9.17, 15) is 19.8 Å². The van der Waals surface area contributed by atoms with E-state index in [4.69, 9.17) is 9.72 Å². The van der Waals surface area contributed by atoms with Crippen LogP contribution in [0.1, 0.15) is 71.7 Å². The van der Waals surface area contributed by atoms with Crippen molar-refractivity contribution in [3.8, 4) is 0 Å². The summed E-state index contributed by atoms with van der Waals surface area (Å²) >= 11 is 0. The number of anilines is 1.